The van der Waals surface area contributed by atoms with Crippen molar-refractivity contribution >= 4 is 5.82 Å². The van der Waals surface area contributed by atoms with Crippen LogP contribution in [-0.2, 0) is 13.0 Å². The predicted molar refractivity (Wildman–Crippen MR) is 77.2 cm³/mol. The lowest BCUT2D eigenvalue weighted by Gasteiger charge is -2.31. The fraction of sp³-hybridized carbons (Fsp3) is 0.571. The molecule has 2 aromatic rings. The summed E-state index contributed by atoms with van der Waals surface area (Å²) in [5.74, 6) is 2.56. The highest BCUT2D eigenvalue weighted by molar-refractivity contribution is 5.37. The van der Waals surface area contributed by atoms with Gasteiger partial charge in [-0.25, -0.2) is 9.97 Å². The maximum Gasteiger partial charge on any atom is 0.252 e. The number of aryl methyl sites for hydroxylation is 1. The Morgan fingerprint density at radius 1 is 1.32 bits per heavy atom. The fourth-order valence-corrected chi connectivity index (χ4v) is 2.48. The molecule has 2 aromatic heterocycles. The second kappa shape index (κ2) is 6.37. The van der Waals surface area contributed by atoms with Crippen molar-refractivity contribution < 1.29 is 14.7 Å². The molecule has 0 aliphatic heterocycles. The summed E-state index contributed by atoms with van der Waals surface area (Å²) in [6.45, 7) is 2.21. The van der Waals surface area contributed by atoms with Crippen LogP contribution in [0, 0.1) is 6.92 Å². The number of nitrogens with one attached hydrogen (secondary N) is 1. The van der Waals surface area contributed by atoms with Crippen LogP contribution in [0.5, 0.6) is 0 Å². The number of hydrogen-bond donors (Lipinski definition) is 3. The number of aromatic nitrogens is 4. The van der Waals surface area contributed by atoms with Crippen molar-refractivity contribution in [1.82, 2.24) is 20.1 Å². The van der Waals surface area contributed by atoms with Gasteiger partial charge in [0.1, 0.15) is 18.2 Å². The van der Waals surface area contributed by atoms with Gasteiger partial charge in [-0.3, -0.25) is 0 Å². The summed E-state index contributed by atoms with van der Waals surface area (Å²) < 4.78 is 4.83. The lowest BCUT2D eigenvalue weighted by atomic mass is 9.80. The fourth-order valence-electron chi connectivity index (χ4n) is 2.48. The largest absolute Gasteiger partial charge is 0.393 e. The zero-order valence-corrected chi connectivity index (χ0v) is 12.4. The third-order valence-corrected chi connectivity index (χ3v) is 3.69. The summed E-state index contributed by atoms with van der Waals surface area (Å²) in [6, 6.07) is 1.93. The minimum atomic E-state index is -0.248. The van der Waals surface area contributed by atoms with Gasteiger partial charge in [0.05, 0.1) is 6.10 Å². The van der Waals surface area contributed by atoms with Crippen molar-refractivity contribution in [3.8, 4) is 0 Å². The van der Waals surface area contributed by atoms with E-state index in [9.17, 15) is 5.11 Å². The van der Waals surface area contributed by atoms with Crippen molar-refractivity contribution in [3.63, 3.8) is 0 Å². The van der Waals surface area contributed by atoms with Crippen LogP contribution in [0.15, 0.2) is 10.6 Å². The van der Waals surface area contributed by atoms with Gasteiger partial charge in [0.15, 0.2) is 5.82 Å². The highest BCUT2D eigenvalue weighted by Crippen LogP contribution is 2.36. The molecule has 0 saturated heterocycles. The summed E-state index contributed by atoms with van der Waals surface area (Å²) in [5.41, 5.74) is 0.974. The molecule has 3 rings (SSSR count). The Morgan fingerprint density at radius 2 is 2.14 bits per heavy atom. The van der Waals surface area contributed by atoms with E-state index in [-0.39, 0.29) is 18.6 Å². The van der Waals surface area contributed by atoms with Crippen LogP contribution in [0.2, 0.25) is 0 Å². The summed E-state index contributed by atoms with van der Waals surface area (Å²) in [5, 5.41) is 25.3. The number of aliphatic hydroxyl groups is 2. The maximum atomic E-state index is 9.41. The molecule has 1 aliphatic rings. The van der Waals surface area contributed by atoms with E-state index in [1.54, 1.807) is 0 Å². The maximum absolute atomic E-state index is 9.41. The summed E-state index contributed by atoms with van der Waals surface area (Å²) in [7, 11) is 0. The van der Waals surface area contributed by atoms with Gasteiger partial charge in [0, 0.05) is 30.6 Å². The normalized spacial score (nSPS) is 20.7. The van der Waals surface area contributed by atoms with E-state index in [0.29, 0.717) is 30.5 Å². The first-order chi connectivity index (χ1) is 10.6. The highest BCUT2D eigenvalue weighted by atomic mass is 16.5. The minimum absolute atomic E-state index is 0.198. The standard InChI is InChI=1S/C14H19N5O3/c1-8-16-11(9-4-10(21)5-9)6-13(17-8)15-3-2-12-18-14(7-20)22-19-12/h6,9-10,20-21H,2-5,7H2,1H3,(H,15,16,17). The highest BCUT2D eigenvalue weighted by Gasteiger charge is 2.30. The van der Waals surface area contributed by atoms with E-state index in [0.717, 1.165) is 24.4 Å². The summed E-state index contributed by atoms with van der Waals surface area (Å²) >= 11 is 0. The van der Waals surface area contributed by atoms with Crippen LogP contribution in [-0.4, -0.2) is 43.0 Å². The van der Waals surface area contributed by atoms with Gasteiger partial charge in [-0.2, -0.15) is 4.98 Å². The van der Waals surface area contributed by atoms with Gasteiger partial charge >= 0.3 is 0 Å². The molecule has 118 valence electrons. The lowest BCUT2D eigenvalue weighted by molar-refractivity contribution is 0.0731. The van der Waals surface area contributed by atoms with Gasteiger partial charge in [-0.15, -0.1) is 0 Å². The zero-order chi connectivity index (χ0) is 15.5. The average molecular weight is 305 g/mol. The molecule has 0 aromatic carbocycles. The molecule has 0 unspecified atom stereocenters. The van der Waals surface area contributed by atoms with Gasteiger partial charge in [0.2, 0.25) is 0 Å². The first kappa shape index (κ1) is 14.9. The Kier molecular flexibility index (Phi) is 4.30. The molecule has 1 fully saturated rings. The first-order valence-electron chi connectivity index (χ1n) is 7.34. The predicted octanol–water partition coefficient (Wildman–Crippen LogP) is 0.553. The van der Waals surface area contributed by atoms with Crippen LogP contribution in [0.25, 0.3) is 0 Å². The third kappa shape index (κ3) is 3.40. The smallest absolute Gasteiger partial charge is 0.252 e. The molecule has 22 heavy (non-hydrogen) atoms. The van der Waals surface area contributed by atoms with Crippen molar-refractivity contribution in [1.29, 1.82) is 0 Å². The van der Waals surface area contributed by atoms with Crippen molar-refractivity contribution in [2.24, 2.45) is 0 Å². The monoisotopic (exact) mass is 305 g/mol. The first-order valence-corrected chi connectivity index (χ1v) is 7.34. The molecule has 1 saturated carbocycles. The molecule has 0 atom stereocenters. The molecule has 0 spiro atoms. The number of anilines is 1. The van der Waals surface area contributed by atoms with E-state index in [1.165, 1.54) is 0 Å². The second-order valence-electron chi connectivity index (χ2n) is 5.49. The van der Waals surface area contributed by atoms with E-state index in [2.05, 4.69) is 25.4 Å². The van der Waals surface area contributed by atoms with Crippen LogP contribution >= 0.6 is 0 Å². The van der Waals surface area contributed by atoms with E-state index in [1.807, 2.05) is 13.0 Å². The molecule has 3 N–H and O–H groups in total. The number of nitrogens with zero attached hydrogens (tertiary/aromatic N) is 4. The van der Waals surface area contributed by atoms with E-state index in [4.69, 9.17) is 9.63 Å². The second-order valence-corrected chi connectivity index (χ2v) is 5.49. The topological polar surface area (TPSA) is 117 Å². The SMILES string of the molecule is Cc1nc(NCCc2noc(CO)n2)cc(C2CC(O)C2)n1. The molecule has 1 aliphatic carbocycles. The molecular weight excluding hydrogens is 286 g/mol. The Hall–Kier alpha value is -2.06. The van der Waals surface area contributed by atoms with Crippen molar-refractivity contribution in [3.05, 3.63) is 29.3 Å². The molecule has 8 heteroatoms. The lowest BCUT2D eigenvalue weighted by Crippen LogP contribution is -2.27. The van der Waals surface area contributed by atoms with Gasteiger partial charge in [-0.1, -0.05) is 5.16 Å². The minimum Gasteiger partial charge on any atom is -0.393 e. The summed E-state index contributed by atoms with van der Waals surface area (Å²) in [4.78, 5) is 12.8. The van der Waals surface area contributed by atoms with Gasteiger partial charge in [0.25, 0.3) is 5.89 Å². The Balaban J connectivity index is 1.57. The zero-order valence-electron chi connectivity index (χ0n) is 12.4. The third-order valence-electron chi connectivity index (χ3n) is 3.69. The molecule has 8 nitrogen and oxygen atoms in total. The van der Waals surface area contributed by atoms with Crippen LogP contribution < -0.4 is 5.32 Å². The molecule has 0 radical (unpaired) electrons. The Labute approximate surface area is 127 Å². The quantitative estimate of drug-likeness (QED) is 0.708. The van der Waals surface area contributed by atoms with Crippen LogP contribution in [0.1, 0.15) is 42.0 Å². The molecule has 0 amide bonds. The van der Waals surface area contributed by atoms with Gasteiger partial charge in [-0.05, 0) is 19.8 Å². The average Bonchev–Trinajstić information content (AvgIpc) is 2.91. The molecular formula is C14H19N5O3. The Morgan fingerprint density at radius 3 is 2.82 bits per heavy atom. The number of aliphatic hydroxyl groups excluding tert-OH is 2. The Bertz CT molecular complexity index is 639. The molecule has 2 heterocycles. The van der Waals surface area contributed by atoms with Crippen LogP contribution in [0.3, 0.4) is 0 Å². The molecule has 0 bridgehead atoms. The van der Waals surface area contributed by atoms with Gasteiger partial charge < -0.3 is 20.1 Å². The van der Waals surface area contributed by atoms with Crippen LogP contribution in [0.4, 0.5) is 5.82 Å². The van der Waals surface area contributed by atoms with Crippen molar-refractivity contribution in [2.45, 2.75) is 44.8 Å². The number of hydrogen-bond acceptors (Lipinski definition) is 8. The van der Waals surface area contributed by atoms with Crippen molar-refractivity contribution in [2.75, 3.05) is 11.9 Å². The number of rotatable bonds is 6. The van der Waals surface area contributed by atoms with E-state index >= 15 is 0 Å². The summed E-state index contributed by atoms with van der Waals surface area (Å²) in [6.07, 6.45) is 1.91. The van der Waals surface area contributed by atoms with E-state index < -0.39 is 0 Å².